The average molecular weight is 301 g/mol. The first-order valence-corrected chi connectivity index (χ1v) is 7.48. The number of halogens is 1. The molecule has 2 aliphatic heterocycles. The molecule has 4 rings (SSSR count). The Kier molecular flexibility index (Phi) is 3.18. The number of hydrogen-bond donors (Lipinski definition) is 2. The van der Waals surface area contributed by atoms with Gasteiger partial charge in [-0.15, -0.1) is 0 Å². The summed E-state index contributed by atoms with van der Waals surface area (Å²) in [5.41, 5.74) is 0.563. The fourth-order valence-electron chi connectivity index (χ4n) is 3.39. The number of pyridine rings is 1. The zero-order valence-electron chi connectivity index (χ0n) is 11.9. The van der Waals surface area contributed by atoms with E-state index in [2.05, 4.69) is 15.6 Å². The molecular weight excluding hydrogens is 285 g/mol. The molecule has 2 saturated heterocycles. The van der Waals surface area contributed by atoms with Gasteiger partial charge in [0.15, 0.2) is 5.76 Å². The summed E-state index contributed by atoms with van der Waals surface area (Å²) in [6.45, 7) is 0. The maximum absolute atomic E-state index is 13.1. The monoisotopic (exact) mass is 301 g/mol. The van der Waals surface area contributed by atoms with E-state index in [1.807, 2.05) is 0 Å². The van der Waals surface area contributed by atoms with Crippen molar-refractivity contribution in [3.63, 3.8) is 0 Å². The highest BCUT2D eigenvalue weighted by Gasteiger charge is 2.39. The van der Waals surface area contributed by atoms with Crippen LogP contribution in [-0.2, 0) is 0 Å². The summed E-state index contributed by atoms with van der Waals surface area (Å²) in [6, 6.07) is 7.27. The molecule has 0 aliphatic carbocycles. The molecule has 0 saturated carbocycles. The Hall–Kier alpha value is -2.21. The summed E-state index contributed by atoms with van der Waals surface area (Å²) < 4.78 is 18.7. The number of carbonyl (C=O) groups excluding carboxylic acids is 1. The van der Waals surface area contributed by atoms with Crippen molar-refractivity contribution in [1.82, 2.24) is 15.6 Å². The molecule has 0 aromatic carbocycles. The lowest BCUT2D eigenvalue weighted by molar-refractivity contribution is 0.0903. The van der Waals surface area contributed by atoms with Gasteiger partial charge in [0, 0.05) is 36.0 Å². The van der Waals surface area contributed by atoms with Crippen LogP contribution in [0.3, 0.4) is 0 Å². The molecule has 22 heavy (non-hydrogen) atoms. The van der Waals surface area contributed by atoms with Gasteiger partial charge in [-0.25, -0.2) is 4.98 Å². The summed E-state index contributed by atoms with van der Waals surface area (Å²) in [4.78, 5) is 15.8. The van der Waals surface area contributed by atoms with Gasteiger partial charge in [-0.1, -0.05) is 0 Å². The van der Waals surface area contributed by atoms with Crippen LogP contribution in [-0.4, -0.2) is 29.0 Å². The molecule has 2 aromatic rings. The maximum Gasteiger partial charge on any atom is 0.287 e. The predicted molar refractivity (Wildman–Crippen MR) is 77.7 cm³/mol. The fourth-order valence-corrected chi connectivity index (χ4v) is 3.39. The van der Waals surface area contributed by atoms with E-state index < -0.39 is 5.95 Å². The van der Waals surface area contributed by atoms with Crippen LogP contribution in [0, 0.1) is 5.95 Å². The molecule has 2 aromatic heterocycles. The van der Waals surface area contributed by atoms with E-state index in [1.165, 1.54) is 18.7 Å². The Morgan fingerprint density at radius 1 is 1.36 bits per heavy atom. The van der Waals surface area contributed by atoms with Crippen molar-refractivity contribution in [2.45, 2.75) is 37.4 Å². The van der Waals surface area contributed by atoms with Gasteiger partial charge >= 0.3 is 0 Å². The smallest absolute Gasteiger partial charge is 0.287 e. The topological polar surface area (TPSA) is 67.2 Å². The van der Waals surface area contributed by atoms with Gasteiger partial charge in [0.2, 0.25) is 5.95 Å². The van der Waals surface area contributed by atoms with Crippen molar-refractivity contribution in [2.75, 3.05) is 0 Å². The van der Waals surface area contributed by atoms with Gasteiger partial charge in [-0.2, -0.15) is 4.39 Å². The molecule has 114 valence electrons. The van der Waals surface area contributed by atoms with Crippen molar-refractivity contribution in [3.8, 4) is 11.3 Å². The van der Waals surface area contributed by atoms with E-state index in [1.54, 1.807) is 18.2 Å². The highest BCUT2D eigenvalue weighted by Crippen LogP contribution is 2.29. The van der Waals surface area contributed by atoms with Gasteiger partial charge in [-0.05, 0) is 37.5 Å². The maximum atomic E-state index is 13.1. The number of rotatable bonds is 3. The Morgan fingerprint density at radius 2 is 2.27 bits per heavy atom. The number of amides is 1. The lowest BCUT2D eigenvalue weighted by Gasteiger charge is -2.20. The summed E-state index contributed by atoms with van der Waals surface area (Å²) >= 11 is 0. The van der Waals surface area contributed by atoms with Crippen molar-refractivity contribution in [2.24, 2.45) is 0 Å². The van der Waals surface area contributed by atoms with Crippen LogP contribution in [0.15, 0.2) is 34.9 Å². The van der Waals surface area contributed by atoms with Gasteiger partial charge in [0.1, 0.15) is 5.76 Å². The molecule has 0 radical (unpaired) electrons. The quantitative estimate of drug-likeness (QED) is 0.852. The Balaban J connectivity index is 1.48. The molecule has 3 atom stereocenters. The number of fused-ring (bicyclic) bond motifs is 2. The van der Waals surface area contributed by atoms with Crippen LogP contribution in [0.5, 0.6) is 0 Å². The second kappa shape index (κ2) is 5.21. The fraction of sp³-hybridized carbons (Fsp3) is 0.375. The molecule has 1 amide bonds. The molecule has 2 bridgehead atoms. The van der Waals surface area contributed by atoms with Gasteiger partial charge < -0.3 is 15.1 Å². The third-order valence-electron chi connectivity index (χ3n) is 4.46. The Morgan fingerprint density at radius 3 is 3.00 bits per heavy atom. The molecule has 4 heterocycles. The third-order valence-corrected chi connectivity index (χ3v) is 4.46. The summed E-state index contributed by atoms with van der Waals surface area (Å²) in [6.07, 6.45) is 4.64. The number of carbonyl (C=O) groups is 1. The van der Waals surface area contributed by atoms with Crippen molar-refractivity contribution in [3.05, 3.63) is 42.2 Å². The minimum Gasteiger partial charge on any atom is -0.451 e. The van der Waals surface area contributed by atoms with Crippen molar-refractivity contribution in [1.29, 1.82) is 0 Å². The minimum absolute atomic E-state index is 0.165. The average Bonchev–Trinajstić information content (AvgIpc) is 3.23. The van der Waals surface area contributed by atoms with Crippen LogP contribution in [0.2, 0.25) is 0 Å². The minimum atomic E-state index is -0.576. The molecular formula is C16H16FN3O2. The number of nitrogens with zero attached hydrogens (tertiary/aromatic N) is 1. The van der Waals surface area contributed by atoms with Crippen LogP contribution in [0.4, 0.5) is 4.39 Å². The van der Waals surface area contributed by atoms with Crippen LogP contribution in [0.25, 0.3) is 11.3 Å². The lowest BCUT2D eigenvalue weighted by Crippen LogP contribution is -2.42. The zero-order chi connectivity index (χ0) is 15.1. The standard InChI is InChI=1S/C16H16FN3O2/c17-15-7-9(5-6-18-15)13-3-4-14(22-13)16(21)20-12-8-10-1-2-11(12)19-10/h3-7,10-12,19H,1-2,8H2,(H,20,21)/t10-,11+,12-/m1/s1. The van der Waals surface area contributed by atoms with Crippen LogP contribution < -0.4 is 10.6 Å². The van der Waals surface area contributed by atoms with Gasteiger partial charge in [-0.3, -0.25) is 4.79 Å². The van der Waals surface area contributed by atoms with Gasteiger partial charge in [0.25, 0.3) is 5.91 Å². The van der Waals surface area contributed by atoms with Crippen molar-refractivity contribution >= 4 is 5.91 Å². The van der Waals surface area contributed by atoms with Gasteiger partial charge in [0.05, 0.1) is 0 Å². The SMILES string of the molecule is O=C(N[C@@H]1C[C@H]2CC[C@@H]1N2)c1ccc(-c2ccnc(F)c2)o1. The Bertz CT molecular complexity index is 715. The second-order valence-corrected chi connectivity index (χ2v) is 5.89. The van der Waals surface area contributed by atoms with E-state index in [4.69, 9.17) is 4.42 Å². The third kappa shape index (κ3) is 2.39. The molecule has 6 heteroatoms. The zero-order valence-corrected chi connectivity index (χ0v) is 11.9. The predicted octanol–water partition coefficient (Wildman–Crippen LogP) is 2.10. The van der Waals surface area contributed by atoms with E-state index in [-0.39, 0.29) is 17.7 Å². The van der Waals surface area contributed by atoms with Crippen molar-refractivity contribution < 1.29 is 13.6 Å². The first-order chi connectivity index (χ1) is 10.7. The van der Waals surface area contributed by atoms with Crippen LogP contribution >= 0.6 is 0 Å². The normalized spacial score (nSPS) is 26.3. The van der Waals surface area contributed by atoms with E-state index >= 15 is 0 Å². The highest BCUT2D eigenvalue weighted by atomic mass is 19.1. The number of aromatic nitrogens is 1. The number of hydrogen-bond acceptors (Lipinski definition) is 4. The van der Waals surface area contributed by atoms with E-state index in [0.29, 0.717) is 23.4 Å². The molecule has 0 unspecified atom stereocenters. The molecule has 0 spiro atoms. The Labute approximate surface area is 126 Å². The first kappa shape index (κ1) is 13.5. The largest absolute Gasteiger partial charge is 0.451 e. The van der Waals surface area contributed by atoms with E-state index in [9.17, 15) is 9.18 Å². The number of furan rings is 1. The first-order valence-electron chi connectivity index (χ1n) is 7.48. The lowest BCUT2D eigenvalue weighted by atomic mass is 9.95. The second-order valence-electron chi connectivity index (χ2n) is 5.89. The molecule has 2 aliphatic rings. The van der Waals surface area contributed by atoms with E-state index in [0.717, 1.165) is 12.8 Å². The summed E-state index contributed by atoms with van der Waals surface area (Å²) in [5.74, 6) is -0.0967. The molecule has 2 N–H and O–H groups in total. The highest BCUT2D eigenvalue weighted by molar-refractivity contribution is 5.92. The summed E-state index contributed by atoms with van der Waals surface area (Å²) in [5, 5.41) is 6.50. The molecule has 2 fully saturated rings. The van der Waals surface area contributed by atoms with Crippen LogP contribution in [0.1, 0.15) is 29.8 Å². The molecule has 5 nitrogen and oxygen atoms in total. The number of nitrogens with one attached hydrogen (secondary N) is 2. The summed E-state index contributed by atoms with van der Waals surface area (Å²) in [7, 11) is 0.